The maximum Gasteiger partial charge on any atom is 2.00 e. The molecule has 0 aromatic heterocycles. The second-order valence-electron chi connectivity index (χ2n) is 4.89. The van der Waals surface area contributed by atoms with Gasteiger partial charge in [-0.3, -0.25) is 9.98 Å². The van der Waals surface area contributed by atoms with Crippen molar-refractivity contribution >= 4 is 11.9 Å². The van der Waals surface area contributed by atoms with Gasteiger partial charge in [-0.05, 0) is 24.5 Å². The summed E-state index contributed by atoms with van der Waals surface area (Å²) >= 11 is 0. The number of hydrogen-bond acceptors (Lipinski definition) is 4. The summed E-state index contributed by atoms with van der Waals surface area (Å²) in [5.41, 5.74) is 1.99. The molecule has 5 heteroatoms. The average Bonchev–Trinajstić information content (AvgIpc) is 2.52. The van der Waals surface area contributed by atoms with E-state index in [0.29, 0.717) is 24.2 Å². The molecule has 0 fully saturated rings. The van der Waals surface area contributed by atoms with Gasteiger partial charge < -0.3 is 10.2 Å². The van der Waals surface area contributed by atoms with E-state index in [1.165, 1.54) is 6.07 Å². The third-order valence-corrected chi connectivity index (χ3v) is 3.22. The molecule has 2 aromatic rings. The summed E-state index contributed by atoms with van der Waals surface area (Å²) in [6, 6.07) is 13.7. The second-order valence-corrected chi connectivity index (χ2v) is 4.89. The molecular formula is C18H18N2NiO2. The van der Waals surface area contributed by atoms with Gasteiger partial charge in [0.2, 0.25) is 0 Å². The molecule has 0 aliphatic rings. The van der Waals surface area contributed by atoms with Gasteiger partial charge in [0.25, 0.3) is 0 Å². The van der Waals surface area contributed by atoms with Crippen LogP contribution < -0.4 is 10.2 Å². The van der Waals surface area contributed by atoms with Crippen LogP contribution in [0.2, 0.25) is 0 Å². The molecule has 0 aliphatic heterocycles. The molecule has 0 amide bonds. The smallest absolute Gasteiger partial charge is 0.872 e. The van der Waals surface area contributed by atoms with Crippen LogP contribution in [-0.4, -0.2) is 25.0 Å². The summed E-state index contributed by atoms with van der Waals surface area (Å²) in [7, 11) is 0. The van der Waals surface area contributed by atoms with E-state index in [4.69, 9.17) is 0 Å². The Morgan fingerprint density at radius 1 is 0.957 bits per heavy atom. The number of nitrogens with zero attached hydrogens (tertiary/aromatic N) is 2. The van der Waals surface area contributed by atoms with Crippen LogP contribution in [0.25, 0.3) is 0 Å². The van der Waals surface area contributed by atoms with Crippen LogP contribution in [0.5, 0.6) is 11.5 Å². The first kappa shape index (κ1) is 18.9. The molecule has 2 aromatic carbocycles. The van der Waals surface area contributed by atoms with Gasteiger partial charge in [0.15, 0.2) is 0 Å². The maximum absolute atomic E-state index is 11.7. The van der Waals surface area contributed by atoms with E-state index >= 15 is 0 Å². The first-order chi connectivity index (χ1) is 10.7. The van der Waals surface area contributed by atoms with Crippen molar-refractivity contribution in [3.05, 3.63) is 59.7 Å². The fourth-order valence-electron chi connectivity index (χ4n) is 2.01. The number of benzene rings is 2. The topological polar surface area (TPSA) is 70.8 Å². The fraction of sp³-hybridized carbons (Fsp3) is 0.222. The molecule has 0 radical (unpaired) electrons. The Bertz CT molecular complexity index is 684. The first-order valence-corrected chi connectivity index (χ1v) is 7.22. The molecule has 0 aliphatic carbocycles. The van der Waals surface area contributed by atoms with Crippen LogP contribution in [0.4, 0.5) is 0 Å². The van der Waals surface area contributed by atoms with Gasteiger partial charge in [0, 0.05) is 25.0 Å². The Morgan fingerprint density at radius 3 is 2.30 bits per heavy atom. The van der Waals surface area contributed by atoms with Crippen LogP contribution in [-0.2, 0) is 16.5 Å². The largest absolute Gasteiger partial charge is 2.00 e. The van der Waals surface area contributed by atoms with Crippen LogP contribution in [0.3, 0.4) is 0 Å². The summed E-state index contributed by atoms with van der Waals surface area (Å²) in [4.78, 5) is 8.63. The molecule has 0 bridgehead atoms. The second kappa shape index (κ2) is 9.80. The van der Waals surface area contributed by atoms with Crippen LogP contribution in [0.15, 0.2) is 58.5 Å². The molecule has 0 unspecified atom stereocenters. The summed E-state index contributed by atoms with van der Waals surface area (Å²) in [5.74, 6) is -0.0269. The minimum absolute atomic E-state index is 0. The first-order valence-electron chi connectivity index (χ1n) is 7.22. The monoisotopic (exact) mass is 352 g/mol. The third-order valence-electron chi connectivity index (χ3n) is 3.22. The van der Waals surface area contributed by atoms with Crippen molar-refractivity contribution in [1.82, 2.24) is 0 Å². The van der Waals surface area contributed by atoms with Crippen molar-refractivity contribution in [3.63, 3.8) is 0 Å². The van der Waals surface area contributed by atoms with Gasteiger partial charge in [0.05, 0.1) is 0 Å². The SMILES string of the molecule is CC(=NCCCN=Cc1ccccc1[O-])c1ccccc1[O-].[Ni+2]. The van der Waals surface area contributed by atoms with Crippen molar-refractivity contribution < 1.29 is 26.7 Å². The molecule has 2 rings (SSSR count). The van der Waals surface area contributed by atoms with Crippen molar-refractivity contribution in [2.24, 2.45) is 9.98 Å². The van der Waals surface area contributed by atoms with E-state index < -0.39 is 0 Å². The molecule has 23 heavy (non-hydrogen) atoms. The van der Waals surface area contributed by atoms with E-state index in [2.05, 4.69) is 9.98 Å². The molecule has 0 saturated heterocycles. The van der Waals surface area contributed by atoms with Crippen molar-refractivity contribution in [3.8, 4) is 11.5 Å². The molecule has 0 heterocycles. The van der Waals surface area contributed by atoms with Crippen LogP contribution >= 0.6 is 0 Å². The summed E-state index contributed by atoms with van der Waals surface area (Å²) < 4.78 is 0. The number of para-hydroxylation sites is 2. The van der Waals surface area contributed by atoms with E-state index in [9.17, 15) is 10.2 Å². The Hall–Kier alpha value is -2.13. The standard InChI is InChI=1S/C18H20N2O2.Ni/c1-14(16-8-3-5-10-18(16)22)20-12-6-11-19-13-15-7-2-4-9-17(15)21;/h2-5,7-10,13,21-22H,6,11-12H2,1H3;/q;+2/p-2. The van der Waals surface area contributed by atoms with Crippen LogP contribution in [0, 0.1) is 0 Å². The Labute approximate surface area is 146 Å². The molecule has 0 saturated carbocycles. The van der Waals surface area contributed by atoms with Crippen LogP contribution in [0.1, 0.15) is 24.5 Å². The average molecular weight is 353 g/mol. The van der Waals surface area contributed by atoms with E-state index in [-0.39, 0.29) is 28.0 Å². The Kier molecular flexibility index (Phi) is 8.06. The van der Waals surface area contributed by atoms with E-state index in [1.807, 2.05) is 19.1 Å². The van der Waals surface area contributed by atoms with E-state index in [0.717, 1.165) is 12.1 Å². The molecule has 0 spiro atoms. The summed E-state index contributed by atoms with van der Waals surface area (Å²) in [6.07, 6.45) is 2.38. The fourth-order valence-corrected chi connectivity index (χ4v) is 2.01. The molecule has 4 nitrogen and oxygen atoms in total. The zero-order valence-corrected chi connectivity index (χ0v) is 13.8. The predicted molar refractivity (Wildman–Crippen MR) is 85.9 cm³/mol. The number of hydrogen-bond donors (Lipinski definition) is 0. The quantitative estimate of drug-likeness (QED) is 0.454. The zero-order valence-electron chi connectivity index (χ0n) is 12.8. The van der Waals surface area contributed by atoms with Gasteiger partial charge in [-0.1, -0.05) is 54.3 Å². The van der Waals surface area contributed by atoms with Crippen molar-refractivity contribution in [2.75, 3.05) is 13.1 Å². The van der Waals surface area contributed by atoms with Gasteiger partial charge in [0.1, 0.15) is 0 Å². The summed E-state index contributed by atoms with van der Waals surface area (Å²) in [5, 5.41) is 23.1. The van der Waals surface area contributed by atoms with Crippen molar-refractivity contribution in [2.45, 2.75) is 13.3 Å². The predicted octanol–water partition coefficient (Wildman–Crippen LogP) is 2.15. The third kappa shape index (κ3) is 5.87. The number of aliphatic imine (C=N–C) groups is 2. The minimum Gasteiger partial charge on any atom is -0.872 e. The maximum atomic E-state index is 11.7. The summed E-state index contributed by atoms with van der Waals surface area (Å²) in [6.45, 7) is 3.05. The zero-order chi connectivity index (χ0) is 15.8. The number of rotatable bonds is 6. The normalized spacial score (nSPS) is 11.4. The molecule has 0 atom stereocenters. The molecule has 0 N–H and O–H groups in total. The van der Waals surface area contributed by atoms with Gasteiger partial charge in [-0.25, -0.2) is 0 Å². The molecule has 122 valence electrons. The molecular weight excluding hydrogens is 335 g/mol. The van der Waals surface area contributed by atoms with Crippen molar-refractivity contribution in [1.29, 1.82) is 0 Å². The van der Waals surface area contributed by atoms with Gasteiger partial charge in [-0.15, -0.1) is 5.75 Å². The van der Waals surface area contributed by atoms with E-state index in [1.54, 1.807) is 36.5 Å². The van der Waals surface area contributed by atoms with Gasteiger partial charge >= 0.3 is 16.5 Å². The minimum atomic E-state index is -0.0211. The Morgan fingerprint density at radius 2 is 1.61 bits per heavy atom. The van der Waals surface area contributed by atoms with Gasteiger partial charge in [-0.2, -0.15) is 0 Å². The Balaban J connectivity index is 0.00000264.